The molecule has 0 radical (unpaired) electrons. The van der Waals surface area contributed by atoms with E-state index in [2.05, 4.69) is 94.6 Å². The molecule has 1 unspecified atom stereocenters. The highest BCUT2D eigenvalue weighted by Gasteiger charge is 2.32. The number of hydrogen-bond donors (Lipinski definition) is 0. The van der Waals surface area contributed by atoms with Crippen LogP contribution in [-0.4, -0.2) is 4.57 Å². The van der Waals surface area contributed by atoms with Gasteiger partial charge in [0.15, 0.2) is 0 Å². The molecule has 0 spiro atoms. The third kappa shape index (κ3) is 4.08. The Morgan fingerprint density at radius 3 is 1.48 bits per heavy atom. The Kier molecular flexibility index (Phi) is 5.66. The summed E-state index contributed by atoms with van der Waals surface area (Å²) in [7, 11) is 0. The van der Waals surface area contributed by atoms with Gasteiger partial charge in [0.2, 0.25) is 0 Å². The average Bonchev–Trinajstić information content (AvgIpc) is 2.87. The lowest BCUT2D eigenvalue weighted by atomic mass is 9.76. The van der Waals surface area contributed by atoms with Gasteiger partial charge in [-0.2, -0.15) is 0 Å². The Balaban J connectivity index is 0.00000109. The number of para-hydroxylation sites is 2. The van der Waals surface area contributed by atoms with Gasteiger partial charge in [0, 0.05) is 27.8 Å². The van der Waals surface area contributed by atoms with Gasteiger partial charge in [-0.15, -0.1) is 0 Å². The smallest absolute Gasteiger partial charge is 0.0494 e. The number of hydrogen-bond acceptors (Lipinski definition) is 0. The van der Waals surface area contributed by atoms with E-state index >= 15 is 0 Å². The first-order chi connectivity index (χ1) is 11.7. The first-order valence-electron chi connectivity index (χ1n) is 9.66. The molecule has 0 saturated heterocycles. The fourth-order valence-corrected chi connectivity index (χ4v) is 3.65. The van der Waals surface area contributed by atoms with Crippen LogP contribution in [0.5, 0.6) is 0 Å². The monoisotopic (exact) mass is 337 g/mol. The van der Waals surface area contributed by atoms with E-state index < -0.39 is 0 Å². The van der Waals surface area contributed by atoms with Crippen molar-refractivity contribution in [2.24, 2.45) is 10.8 Å². The quantitative estimate of drug-likeness (QED) is 0.449. The molecule has 1 atom stereocenters. The predicted molar refractivity (Wildman–Crippen MR) is 113 cm³/mol. The van der Waals surface area contributed by atoms with E-state index in [-0.39, 0.29) is 5.41 Å². The van der Waals surface area contributed by atoms with Crippen LogP contribution in [0.2, 0.25) is 0 Å². The second-order valence-corrected chi connectivity index (χ2v) is 9.05. The molecule has 2 aromatic carbocycles. The molecule has 0 saturated carbocycles. The van der Waals surface area contributed by atoms with Crippen molar-refractivity contribution in [1.82, 2.24) is 4.57 Å². The third-order valence-corrected chi connectivity index (χ3v) is 4.73. The fraction of sp³-hybridized carbons (Fsp3) is 0.500. The van der Waals surface area contributed by atoms with Crippen LogP contribution in [0.4, 0.5) is 0 Å². The molecule has 3 rings (SSSR count). The van der Waals surface area contributed by atoms with E-state index in [1.807, 2.05) is 13.8 Å². The van der Waals surface area contributed by atoms with Crippen molar-refractivity contribution in [1.29, 1.82) is 0 Å². The van der Waals surface area contributed by atoms with Gasteiger partial charge in [0.1, 0.15) is 0 Å². The summed E-state index contributed by atoms with van der Waals surface area (Å²) in [5.74, 6) is 0. The van der Waals surface area contributed by atoms with Gasteiger partial charge in [-0.1, -0.05) is 91.8 Å². The molecule has 1 nitrogen and oxygen atoms in total. The van der Waals surface area contributed by atoms with E-state index in [1.54, 1.807) is 0 Å². The Morgan fingerprint density at radius 2 is 1.12 bits per heavy atom. The molecular formula is C24H35N. The Bertz CT molecular complexity index is 771. The maximum atomic E-state index is 2.59. The van der Waals surface area contributed by atoms with Gasteiger partial charge in [-0.3, -0.25) is 0 Å². The molecule has 25 heavy (non-hydrogen) atoms. The van der Waals surface area contributed by atoms with Crippen LogP contribution in [0.1, 0.15) is 67.9 Å². The van der Waals surface area contributed by atoms with Gasteiger partial charge in [-0.05, 0) is 29.4 Å². The zero-order valence-electron chi connectivity index (χ0n) is 17.4. The topological polar surface area (TPSA) is 4.93 Å². The lowest BCUT2D eigenvalue weighted by molar-refractivity contribution is 0.178. The molecule has 3 aromatic rings. The van der Waals surface area contributed by atoms with Crippen molar-refractivity contribution in [3.63, 3.8) is 0 Å². The summed E-state index contributed by atoms with van der Waals surface area (Å²) in [5.41, 5.74) is 3.22. The predicted octanol–water partition coefficient (Wildman–Crippen LogP) is 7.84. The highest BCUT2D eigenvalue weighted by atomic mass is 15.0. The summed E-state index contributed by atoms with van der Waals surface area (Å²) in [4.78, 5) is 0. The highest BCUT2D eigenvalue weighted by Crippen LogP contribution is 2.44. The standard InChI is InChI=1S/C22H29N.C2H6/c1-21(2,3)15-20(22(4,5)6)23-18-13-9-7-11-16(18)17-12-8-10-14-19(17)23;1-2/h7-14,20H,15H2,1-6H3;1-2H3. The van der Waals surface area contributed by atoms with Crippen LogP contribution in [0.15, 0.2) is 48.5 Å². The second kappa shape index (κ2) is 7.23. The number of rotatable bonds is 2. The molecular weight excluding hydrogens is 302 g/mol. The Hall–Kier alpha value is -1.76. The largest absolute Gasteiger partial charge is 0.337 e. The minimum atomic E-state index is 0.206. The summed E-state index contributed by atoms with van der Waals surface area (Å²) in [6.45, 7) is 18.1. The van der Waals surface area contributed by atoms with E-state index in [0.29, 0.717) is 11.5 Å². The average molecular weight is 338 g/mol. The van der Waals surface area contributed by atoms with Crippen molar-refractivity contribution < 1.29 is 0 Å². The fourth-order valence-electron chi connectivity index (χ4n) is 3.65. The molecule has 0 aliphatic carbocycles. The molecule has 0 N–H and O–H groups in total. The minimum absolute atomic E-state index is 0.206. The van der Waals surface area contributed by atoms with E-state index in [0.717, 1.165) is 0 Å². The van der Waals surface area contributed by atoms with E-state index in [9.17, 15) is 0 Å². The maximum absolute atomic E-state index is 2.59. The van der Waals surface area contributed by atoms with Crippen molar-refractivity contribution in [2.45, 2.75) is 67.9 Å². The zero-order valence-corrected chi connectivity index (χ0v) is 17.4. The Morgan fingerprint density at radius 1 is 0.720 bits per heavy atom. The zero-order chi connectivity index (χ0) is 18.8. The van der Waals surface area contributed by atoms with Gasteiger partial charge >= 0.3 is 0 Å². The van der Waals surface area contributed by atoms with Gasteiger partial charge in [0.25, 0.3) is 0 Å². The van der Waals surface area contributed by atoms with Crippen LogP contribution >= 0.6 is 0 Å². The summed E-state index contributed by atoms with van der Waals surface area (Å²) in [6.07, 6.45) is 1.17. The van der Waals surface area contributed by atoms with Crippen LogP contribution in [0, 0.1) is 10.8 Å². The lowest BCUT2D eigenvalue weighted by Gasteiger charge is -2.37. The molecule has 1 heterocycles. The SMILES string of the molecule is CC.CC(C)(C)CC(n1c2ccccc2c2ccccc21)C(C)(C)C. The van der Waals surface area contributed by atoms with E-state index in [1.165, 1.54) is 28.2 Å². The summed E-state index contributed by atoms with van der Waals surface area (Å²) < 4.78 is 2.59. The molecule has 1 heteroatoms. The number of aromatic nitrogens is 1. The number of benzene rings is 2. The molecule has 1 aromatic heterocycles. The minimum Gasteiger partial charge on any atom is -0.337 e. The van der Waals surface area contributed by atoms with Gasteiger partial charge in [0.05, 0.1) is 0 Å². The van der Waals surface area contributed by atoms with Crippen LogP contribution in [-0.2, 0) is 0 Å². The van der Waals surface area contributed by atoms with E-state index in [4.69, 9.17) is 0 Å². The second-order valence-electron chi connectivity index (χ2n) is 9.05. The van der Waals surface area contributed by atoms with Crippen molar-refractivity contribution >= 4 is 21.8 Å². The first-order valence-corrected chi connectivity index (χ1v) is 9.66. The summed E-state index contributed by atoms with van der Waals surface area (Å²) >= 11 is 0. The third-order valence-electron chi connectivity index (χ3n) is 4.73. The molecule has 0 bridgehead atoms. The Labute approximate surface area is 154 Å². The van der Waals surface area contributed by atoms with Crippen LogP contribution < -0.4 is 0 Å². The van der Waals surface area contributed by atoms with Crippen LogP contribution in [0.3, 0.4) is 0 Å². The van der Waals surface area contributed by atoms with Crippen LogP contribution in [0.25, 0.3) is 21.8 Å². The molecule has 0 aliphatic rings. The number of nitrogens with zero attached hydrogens (tertiary/aromatic N) is 1. The highest BCUT2D eigenvalue weighted by molar-refractivity contribution is 6.08. The number of fused-ring (bicyclic) bond motifs is 3. The molecule has 0 fully saturated rings. The first kappa shape index (κ1) is 19.6. The summed E-state index contributed by atoms with van der Waals surface area (Å²) in [6, 6.07) is 18.1. The van der Waals surface area contributed by atoms with Crippen molar-refractivity contribution in [3.8, 4) is 0 Å². The summed E-state index contributed by atoms with van der Waals surface area (Å²) in [5, 5.41) is 2.73. The van der Waals surface area contributed by atoms with Crippen molar-refractivity contribution in [3.05, 3.63) is 48.5 Å². The molecule has 0 amide bonds. The normalized spacial score (nSPS) is 13.6. The van der Waals surface area contributed by atoms with Gasteiger partial charge < -0.3 is 4.57 Å². The lowest BCUT2D eigenvalue weighted by Crippen LogP contribution is -2.28. The maximum Gasteiger partial charge on any atom is 0.0494 e. The van der Waals surface area contributed by atoms with Gasteiger partial charge in [-0.25, -0.2) is 0 Å². The molecule has 136 valence electrons. The molecule has 0 aliphatic heterocycles. The van der Waals surface area contributed by atoms with Crippen molar-refractivity contribution in [2.75, 3.05) is 0 Å².